The number of anilines is 1. The molecule has 0 aliphatic carbocycles. The third-order valence-electron chi connectivity index (χ3n) is 3.12. The number of hydrogen-bond acceptors (Lipinski definition) is 3. The molecule has 2 rings (SSSR count). The van der Waals surface area contributed by atoms with Gasteiger partial charge in [0.15, 0.2) is 0 Å². The van der Waals surface area contributed by atoms with Crippen LogP contribution in [0.3, 0.4) is 0 Å². The normalized spacial score (nSPS) is 20.9. The third kappa shape index (κ3) is 3.67. The van der Waals surface area contributed by atoms with Gasteiger partial charge in [0.05, 0.1) is 18.4 Å². The molecule has 0 bridgehead atoms. The zero-order valence-electron chi connectivity index (χ0n) is 10.5. The van der Waals surface area contributed by atoms with Gasteiger partial charge in [-0.3, -0.25) is 4.90 Å². The van der Waals surface area contributed by atoms with Crippen LogP contribution in [0.4, 0.5) is 10.1 Å². The van der Waals surface area contributed by atoms with Gasteiger partial charge in [-0.25, -0.2) is 4.39 Å². The Labute approximate surface area is 115 Å². The lowest BCUT2D eigenvalue weighted by Crippen LogP contribution is -2.45. The predicted octanol–water partition coefficient (Wildman–Crippen LogP) is 2.72. The number of morpholine rings is 1. The Bertz CT molecular complexity index is 403. The Kier molecular flexibility index (Phi) is 4.97. The van der Waals surface area contributed by atoms with Crippen molar-refractivity contribution in [3.05, 3.63) is 28.5 Å². The van der Waals surface area contributed by atoms with Gasteiger partial charge in [-0.05, 0) is 40.7 Å². The van der Waals surface area contributed by atoms with Crippen molar-refractivity contribution in [1.82, 2.24) is 4.90 Å². The average Bonchev–Trinajstić information content (AvgIpc) is 2.40. The number of nitrogens with one attached hydrogen (secondary N) is 1. The molecule has 5 heteroatoms. The Hall–Kier alpha value is -0.650. The first-order valence-electron chi connectivity index (χ1n) is 6.22. The maximum absolute atomic E-state index is 13.1. The summed E-state index contributed by atoms with van der Waals surface area (Å²) in [6.07, 6.45) is 0.161. The molecule has 0 spiro atoms. The van der Waals surface area contributed by atoms with E-state index in [1.165, 1.54) is 12.1 Å². The van der Waals surface area contributed by atoms with Crippen LogP contribution in [0, 0.1) is 5.82 Å². The van der Waals surface area contributed by atoms with Crippen LogP contribution in [-0.4, -0.2) is 43.8 Å². The van der Waals surface area contributed by atoms with E-state index < -0.39 is 0 Å². The number of likely N-dealkylation sites (N-methyl/N-ethyl adjacent to an activating group) is 1. The summed E-state index contributed by atoms with van der Waals surface area (Å²) in [6.45, 7) is 6.58. The summed E-state index contributed by atoms with van der Waals surface area (Å²) in [5.74, 6) is -0.236. The second kappa shape index (κ2) is 6.50. The summed E-state index contributed by atoms with van der Waals surface area (Å²) in [4.78, 5) is 2.36. The highest BCUT2D eigenvalue weighted by Crippen LogP contribution is 2.23. The fourth-order valence-corrected chi connectivity index (χ4v) is 2.43. The van der Waals surface area contributed by atoms with Crippen molar-refractivity contribution in [2.24, 2.45) is 0 Å². The van der Waals surface area contributed by atoms with Crippen LogP contribution in [0.5, 0.6) is 0 Å². The van der Waals surface area contributed by atoms with Gasteiger partial charge in [0, 0.05) is 24.1 Å². The molecule has 1 unspecified atom stereocenters. The molecule has 1 aromatic rings. The van der Waals surface area contributed by atoms with Gasteiger partial charge in [-0.2, -0.15) is 0 Å². The largest absolute Gasteiger partial charge is 0.381 e. The number of ether oxygens (including phenoxy) is 1. The molecule has 1 fully saturated rings. The Morgan fingerprint density at radius 2 is 2.39 bits per heavy atom. The molecule has 1 aliphatic heterocycles. The van der Waals surface area contributed by atoms with Crippen molar-refractivity contribution in [3.8, 4) is 0 Å². The van der Waals surface area contributed by atoms with E-state index in [1.54, 1.807) is 6.07 Å². The minimum Gasteiger partial charge on any atom is -0.381 e. The van der Waals surface area contributed by atoms with E-state index in [2.05, 4.69) is 33.1 Å². The van der Waals surface area contributed by atoms with E-state index in [1.807, 2.05) is 0 Å². The van der Waals surface area contributed by atoms with Crippen molar-refractivity contribution < 1.29 is 9.13 Å². The average molecular weight is 317 g/mol. The minimum absolute atomic E-state index is 0.161. The van der Waals surface area contributed by atoms with E-state index in [-0.39, 0.29) is 11.9 Å². The zero-order chi connectivity index (χ0) is 13.0. The number of nitrogens with zero attached hydrogens (tertiary/aromatic N) is 1. The lowest BCUT2D eigenvalue weighted by atomic mass is 10.2. The van der Waals surface area contributed by atoms with Crippen LogP contribution in [0.2, 0.25) is 0 Å². The SMILES string of the molecule is CCN1CCOC(CNc2cc(F)ccc2Br)C1. The van der Waals surface area contributed by atoms with Crippen LogP contribution in [0.25, 0.3) is 0 Å². The first kappa shape index (κ1) is 13.8. The molecule has 3 nitrogen and oxygen atoms in total. The predicted molar refractivity (Wildman–Crippen MR) is 74.4 cm³/mol. The second-order valence-corrected chi connectivity index (χ2v) is 5.25. The molecule has 1 saturated heterocycles. The molecule has 0 aromatic heterocycles. The van der Waals surface area contributed by atoms with Gasteiger partial charge < -0.3 is 10.1 Å². The Balaban J connectivity index is 1.89. The topological polar surface area (TPSA) is 24.5 Å². The monoisotopic (exact) mass is 316 g/mol. The lowest BCUT2D eigenvalue weighted by Gasteiger charge is -2.32. The molecule has 1 atom stereocenters. The van der Waals surface area contributed by atoms with E-state index in [9.17, 15) is 4.39 Å². The summed E-state index contributed by atoms with van der Waals surface area (Å²) < 4.78 is 19.7. The smallest absolute Gasteiger partial charge is 0.125 e. The summed E-state index contributed by atoms with van der Waals surface area (Å²) in [6, 6.07) is 4.63. The summed E-state index contributed by atoms with van der Waals surface area (Å²) in [5.41, 5.74) is 0.771. The quantitative estimate of drug-likeness (QED) is 0.924. The highest BCUT2D eigenvalue weighted by Gasteiger charge is 2.19. The van der Waals surface area contributed by atoms with Crippen molar-refractivity contribution in [1.29, 1.82) is 0 Å². The molecule has 0 amide bonds. The summed E-state index contributed by atoms with van der Waals surface area (Å²) in [7, 11) is 0. The molecular weight excluding hydrogens is 299 g/mol. The van der Waals surface area contributed by atoms with Crippen LogP contribution in [0.1, 0.15) is 6.92 Å². The highest BCUT2D eigenvalue weighted by atomic mass is 79.9. The molecular formula is C13H18BrFN2O. The first-order valence-corrected chi connectivity index (χ1v) is 7.01. The van der Waals surface area contributed by atoms with Crippen molar-refractivity contribution in [2.45, 2.75) is 13.0 Å². The van der Waals surface area contributed by atoms with E-state index in [4.69, 9.17) is 4.74 Å². The van der Waals surface area contributed by atoms with Gasteiger partial charge in [0.25, 0.3) is 0 Å². The van der Waals surface area contributed by atoms with Crippen molar-refractivity contribution in [2.75, 3.05) is 38.1 Å². The van der Waals surface area contributed by atoms with Gasteiger partial charge in [0.1, 0.15) is 5.82 Å². The molecule has 0 radical (unpaired) electrons. The molecule has 18 heavy (non-hydrogen) atoms. The lowest BCUT2D eigenvalue weighted by molar-refractivity contribution is -0.0191. The van der Waals surface area contributed by atoms with Crippen molar-refractivity contribution in [3.63, 3.8) is 0 Å². The molecule has 0 saturated carbocycles. The van der Waals surface area contributed by atoms with Crippen LogP contribution in [0.15, 0.2) is 22.7 Å². The van der Waals surface area contributed by atoms with Gasteiger partial charge in [-0.1, -0.05) is 6.92 Å². The fourth-order valence-electron chi connectivity index (χ4n) is 2.05. The molecule has 1 heterocycles. The number of halogens is 2. The van der Waals surface area contributed by atoms with E-state index in [0.29, 0.717) is 6.54 Å². The maximum Gasteiger partial charge on any atom is 0.125 e. The van der Waals surface area contributed by atoms with E-state index >= 15 is 0 Å². The van der Waals surface area contributed by atoms with Gasteiger partial charge in [-0.15, -0.1) is 0 Å². The third-order valence-corrected chi connectivity index (χ3v) is 3.81. The van der Waals surface area contributed by atoms with Crippen LogP contribution < -0.4 is 5.32 Å². The number of benzene rings is 1. The minimum atomic E-state index is -0.236. The second-order valence-electron chi connectivity index (χ2n) is 4.39. The molecule has 100 valence electrons. The van der Waals surface area contributed by atoms with Crippen LogP contribution >= 0.6 is 15.9 Å². The highest BCUT2D eigenvalue weighted by molar-refractivity contribution is 9.10. The van der Waals surface area contributed by atoms with E-state index in [0.717, 1.165) is 36.4 Å². The Morgan fingerprint density at radius 1 is 1.56 bits per heavy atom. The van der Waals surface area contributed by atoms with Gasteiger partial charge in [0.2, 0.25) is 0 Å². The van der Waals surface area contributed by atoms with Crippen LogP contribution in [-0.2, 0) is 4.74 Å². The standard InChI is InChI=1S/C13H18BrFN2O/c1-2-17-5-6-18-11(9-17)8-16-13-7-10(15)3-4-12(13)14/h3-4,7,11,16H,2,5-6,8-9H2,1H3. The number of rotatable bonds is 4. The number of hydrogen-bond donors (Lipinski definition) is 1. The summed E-state index contributed by atoms with van der Waals surface area (Å²) >= 11 is 3.40. The molecule has 1 aliphatic rings. The van der Waals surface area contributed by atoms with Crippen molar-refractivity contribution >= 4 is 21.6 Å². The zero-order valence-corrected chi connectivity index (χ0v) is 12.0. The summed E-state index contributed by atoms with van der Waals surface area (Å²) in [5, 5.41) is 3.23. The fraction of sp³-hybridized carbons (Fsp3) is 0.538. The van der Waals surface area contributed by atoms with Gasteiger partial charge >= 0.3 is 0 Å². The maximum atomic E-state index is 13.1. The molecule has 1 aromatic carbocycles. The Morgan fingerprint density at radius 3 is 3.17 bits per heavy atom. The first-order chi connectivity index (χ1) is 8.69. The molecule has 1 N–H and O–H groups in total.